The summed E-state index contributed by atoms with van der Waals surface area (Å²) in [6.45, 7) is 6.88. The number of rotatable bonds is 7. The number of hydrogen-bond acceptors (Lipinski definition) is 1. The van der Waals surface area contributed by atoms with E-state index < -0.39 is 0 Å². The lowest BCUT2D eigenvalue weighted by Crippen LogP contribution is -2.36. The number of benzene rings is 1. The van der Waals surface area contributed by atoms with Crippen LogP contribution in [0.15, 0.2) is 36.9 Å². The molecule has 1 heteroatoms. The van der Waals surface area contributed by atoms with Crippen LogP contribution >= 0.6 is 0 Å². The maximum Gasteiger partial charge on any atom is 0.0577 e. The zero-order chi connectivity index (χ0) is 20.1. The third-order valence-corrected chi connectivity index (χ3v) is 8.53. The summed E-state index contributed by atoms with van der Waals surface area (Å²) in [5.41, 5.74) is 3.04. The second-order valence-corrected chi connectivity index (χ2v) is 10.2. The lowest BCUT2D eigenvalue weighted by molar-refractivity contribution is -0.0205. The maximum absolute atomic E-state index is 5.95. The summed E-state index contributed by atoms with van der Waals surface area (Å²) in [5.74, 6) is 4.79. The molecule has 4 unspecified atom stereocenters. The zero-order valence-electron chi connectivity index (χ0n) is 18.7. The van der Waals surface area contributed by atoms with Crippen molar-refractivity contribution in [2.75, 3.05) is 6.61 Å². The molecule has 0 saturated heterocycles. The zero-order valence-corrected chi connectivity index (χ0v) is 18.7. The van der Waals surface area contributed by atoms with Crippen LogP contribution in [0.3, 0.4) is 0 Å². The molecule has 0 bridgehead atoms. The van der Waals surface area contributed by atoms with Crippen LogP contribution in [0.25, 0.3) is 0 Å². The van der Waals surface area contributed by atoms with E-state index in [2.05, 4.69) is 37.8 Å². The molecule has 0 spiro atoms. The van der Waals surface area contributed by atoms with Gasteiger partial charge < -0.3 is 4.74 Å². The summed E-state index contributed by atoms with van der Waals surface area (Å²) >= 11 is 0. The third-order valence-electron chi connectivity index (χ3n) is 8.53. The normalized spacial score (nSPS) is 35.1. The van der Waals surface area contributed by atoms with Gasteiger partial charge in [-0.3, -0.25) is 0 Å². The minimum atomic E-state index is 0.566. The second kappa shape index (κ2) is 10.3. The van der Waals surface area contributed by atoms with Crippen LogP contribution in [0, 0.1) is 23.7 Å². The van der Waals surface area contributed by atoms with Gasteiger partial charge >= 0.3 is 0 Å². The first-order valence-electron chi connectivity index (χ1n) is 12.6. The van der Waals surface area contributed by atoms with Crippen molar-refractivity contribution >= 4 is 0 Å². The molecule has 0 N–H and O–H groups in total. The Hall–Kier alpha value is -1.08. The number of hydrogen-bond donors (Lipinski definition) is 0. The number of fused-ring (bicyclic) bond motifs is 1. The predicted molar refractivity (Wildman–Crippen MR) is 123 cm³/mol. The van der Waals surface area contributed by atoms with E-state index in [0.717, 1.165) is 49.0 Å². The van der Waals surface area contributed by atoms with E-state index in [-0.39, 0.29) is 0 Å². The van der Waals surface area contributed by atoms with Crippen molar-refractivity contribution in [1.82, 2.24) is 0 Å². The SMILES string of the molecule is C=CCCc1ccc(C2CCC(C3CCC4CC(OCC)CCC4C3)CC2)cc1. The minimum absolute atomic E-state index is 0.566. The molecule has 0 radical (unpaired) electrons. The van der Waals surface area contributed by atoms with Gasteiger partial charge in [0.1, 0.15) is 0 Å². The fourth-order valence-electron chi connectivity index (χ4n) is 6.85. The highest BCUT2D eigenvalue weighted by molar-refractivity contribution is 5.26. The molecule has 4 atom stereocenters. The highest BCUT2D eigenvalue weighted by Crippen LogP contribution is 2.49. The Morgan fingerprint density at radius 1 is 0.828 bits per heavy atom. The van der Waals surface area contributed by atoms with E-state index in [0.29, 0.717) is 6.10 Å². The van der Waals surface area contributed by atoms with Gasteiger partial charge in [0.25, 0.3) is 0 Å². The Labute approximate surface area is 179 Å². The number of ether oxygens (including phenoxy) is 1. The quantitative estimate of drug-likeness (QED) is 0.430. The highest BCUT2D eigenvalue weighted by atomic mass is 16.5. The van der Waals surface area contributed by atoms with E-state index >= 15 is 0 Å². The van der Waals surface area contributed by atoms with Gasteiger partial charge in [0, 0.05) is 6.61 Å². The van der Waals surface area contributed by atoms with Crippen LogP contribution in [-0.4, -0.2) is 12.7 Å². The van der Waals surface area contributed by atoms with Gasteiger partial charge in [0.15, 0.2) is 0 Å². The lowest BCUT2D eigenvalue weighted by Gasteiger charge is -2.45. The minimum Gasteiger partial charge on any atom is -0.378 e. The predicted octanol–water partition coefficient (Wildman–Crippen LogP) is 7.70. The van der Waals surface area contributed by atoms with Crippen molar-refractivity contribution in [2.24, 2.45) is 23.7 Å². The summed E-state index contributed by atoms with van der Waals surface area (Å²) in [6, 6.07) is 9.52. The molecule has 3 saturated carbocycles. The molecule has 3 aliphatic carbocycles. The van der Waals surface area contributed by atoms with Gasteiger partial charge in [-0.1, -0.05) is 30.3 Å². The van der Waals surface area contributed by atoms with Crippen molar-refractivity contribution < 1.29 is 4.74 Å². The standard InChI is InChI=1S/C28H42O/c1-3-5-6-21-7-9-22(10-8-21)23-11-13-24(14-12-23)25-15-16-27-20-28(29-4-2)18-17-26(27)19-25/h3,7-10,23-28H,1,4-6,11-20H2,2H3. The largest absolute Gasteiger partial charge is 0.378 e. The molecular weight excluding hydrogens is 352 g/mol. The first-order chi connectivity index (χ1) is 14.3. The Kier molecular flexibility index (Phi) is 7.51. The van der Waals surface area contributed by atoms with Crippen LogP contribution in [0.2, 0.25) is 0 Å². The van der Waals surface area contributed by atoms with E-state index in [1.165, 1.54) is 69.8 Å². The van der Waals surface area contributed by atoms with E-state index in [1.54, 1.807) is 5.56 Å². The Morgan fingerprint density at radius 2 is 1.45 bits per heavy atom. The van der Waals surface area contributed by atoms with Gasteiger partial charge in [0.05, 0.1) is 6.10 Å². The molecule has 3 fully saturated rings. The summed E-state index contributed by atoms with van der Waals surface area (Å²) in [5, 5.41) is 0. The highest BCUT2D eigenvalue weighted by Gasteiger charge is 2.39. The fourth-order valence-corrected chi connectivity index (χ4v) is 6.85. The number of allylic oxidation sites excluding steroid dienone is 1. The molecule has 1 aromatic carbocycles. The smallest absolute Gasteiger partial charge is 0.0577 e. The number of aryl methyl sites for hydroxylation is 1. The molecule has 3 aliphatic rings. The van der Waals surface area contributed by atoms with Crippen LogP contribution in [0.5, 0.6) is 0 Å². The van der Waals surface area contributed by atoms with Gasteiger partial charge in [-0.15, -0.1) is 6.58 Å². The first-order valence-corrected chi connectivity index (χ1v) is 12.6. The molecule has 0 aliphatic heterocycles. The molecule has 160 valence electrons. The monoisotopic (exact) mass is 394 g/mol. The van der Waals surface area contributed by atoms with Crippen molar-refractivity contribution in [2.45, 2.75) is 96.0 Å². The van der Waals surface area contributed by atoms with Crippen LogP contribution in [-0.2, 0) is 11.2 Å². The average molecular weight is 395 g/mol. The summed E-state index contributed by atoms with van der Waals surface area (Å²) in [6.07, 6.45) is 19.1. The molecule has 1 nitrogen and oxygen atoms in total. The summed E-state index contributed by atoms with van der Waals surface area (Å²) < 4.78 is 5.95. The van der Waals surface area contributed by atoms with Gasteiger partial charge in [-0.25, -0.2) is 0 Å². The Bertz CT molecular complexity index is 624. The second-order valence-electron chi connectivity index (χ2n) is 10.2. The van der Waals surface area contributed by atoms with Crippen LogP contribution in [0.4, 0.5) is 0 Å². The molecule has 0 heterocycles. The van der Waals surface area contributed by atoms with E-state index in [4.69, 9.17) is 4.74 Å². The molecule has 29 heavy (non-hydrogen) atoms. The van der Waals surface area contributed by atoms with E-state index in [9.17, 15) is 0 Å². The molecular formula is C28H42O. The first kappa shape index (κ1) is 21.2. The summed E-state index contributed by atoms with van der Waals surface area (Å²) in [7, 11) is 0. The van der Waals surface area contributed by atoms with Gasteiger partial charge in [0.2, 0.25) is 0 Å². The third kappa shape index (κ3) is 5.35. The Morgan fingerprint density at radius 3 is 2.14 bits per heavy atom. The average Bonchev–Trinajstić information content (AvgIpc) is 2.78. The van der Waals surface area contributed by atoms with Crippen LogP contribution < -0.4 is 0 Å². The van der Waals surface area contributed by atoms with Gasteiger partial charge in [-0.05, 0) is 125 Å². The lowest BCUT2D eigenvalue weighted by atomic mass is 9.62. The van der Waals surface area contributed by atoms with Crippen molar-refractivity contribution in [3.05, 3.63) is 48.0 Å². The van der Waals surface area contributed by atoms with Crippen molar-refractivity contribution in [3.63, 3.8) is 0 Å². The van der Waals surface area contributed by atoms with Gasteiger partial charge in [-0.2, -0.15) is 0 Å². The topological polar surface area (TPSA) is 9.23 Å². The van der Waals surface area contributed by atoms with Crippen molar-refractivity contribution in [3.8, 4) is 0 Å². The Balaban J connectivity index is 1.24. The molecule has 1 aromatic rings. The van der Waals surface area contributed by atoms with Crippen molar-refractivity contribution in [1.29, 1.82) is 0 Å². The van der Waals surface area contributed by atoms with E-state index in [1.807, 2.05) is 6.08 Å². The fraction of sp³-hybridized carbons (Fsp3) is 0.714. The summed E-state index contributed by atoms with van der Waals surface area (Å²) in [4.78, 5) is 0. The molecule has 0 aromatic heterocycles. The van der Waals surface area contributed by atoms with Crippen LogP contribution in [0.1, 0.15) is 94.6 Å². The maximum atomic E-state index is 5.95. The molecule has 0 amide bonds. The molecule has 4 rings (SSSR count).